The van der Waals surface area contributed by atoms with Gasteiger partial charge in [0.25, 0.3) is 0 Å². The van der Waals surface area contributed by atoms with Crippen molar-refractivity contribution in [2.75, 3.05) is 18.4 Å². The van der Waals surface area contributed by atoms with E-state index in [-0.39, 0.29) is 11.7 Å². The zero-order valence-corrected chi connectivity index (χ0v) is 11.4. The van der Waals surface area contributed by atoms with Crippen LogP contribution in [0, 0.1) is 18.8 Å². The SMILES string of the molecule is Cc1cc(NC(=O)N2CC(C)C(C)C2)c(C(=O)O)[nH]1. The smallest absolute Gasteiger partial charge is 0.354 e. The van der Waals surface area contributed by atoms with Crippen molar-refractivity contribution in [1.82, 2.24) is 9.88 Å². The summed E-state index contributed by atoms with van der Waals surface area (Å²) in [6.07, 6.45) is 0. The van der Waals surface area contributed by atoms with E-state index in [0.717, 1.165) is 0 Å². The van der Waals surface area contributed by atoms with Crippen molar-refractivity contribution in [3.63, 3.8) is 0 Å². The Balaban J connectivity index is 2.09. The first kappa shape index (κ1) is 13.5. The number of rotatable bonds is 2. The molecule has 2 rings (SSSR count). The number of carboxylic acid groups (broad SMARTS) is 1. The Labute approximate surface area is 111 Å². The molecule has 1 aliphatic heterocycles. The standard InChI is InChI=1S/C13H19N3O3/c1-7-5-16(6-8(7)2)13(19)15-10-4-9(3)14-11(10)12(17)18/h4,7-8,14H,5-6H2,1-3H3,(H,15,19)(H,17,18). The normalized spacial score (nSPS) is 22.6. The van der Waals surface area contributed by atoms with E-state index >= 15 is 0 Å². The van der Waals surface area contributed by atoms with Gasteiger partial charge in [-0.25, -0.2) is 9.59 Å². The van der Waals surface area contributed by atoms with Crippen LogP contribution in [0.3, 0.4) is 0 Å². The van der Waals surface area contributed by atoms with Crippen molar-refractivity contribution in [3.8, 4) is 0 Å². The molecular formula is C13H19N3O3. The molecule has 0 radical (unpaired) electrons. The van der Waals surface area contributed by atoms with Crippen LogP contribution in [0.25, 0.3) is 0 Å². The molecule has 2 atom stereocenters. The highest BCUT2D eigenvalue weighted by Gasteiger charge is 2.30. The second-order valence-electron chi connectivity index (χ2n) is 5.34. The van der Waals surface area contributed by atoms with Crippen LogP contribution >= 0.6 is 0 Å². The number of H-pyrrole nitrogens is 1. The van der Waals surface area contributed by atoms with Gasteiger partial charge in [0.15, 0.2) is 0 Å². The van der Waals surface area contributed by atoms with Gasteiger partial charge >= 0.3 is 12.0 Å². The number of nitrogens with one attached hydrogen (secondary N) is 2. The summed E-state index contributed by atoms with van der Waals surface area (Å²) in [4.78, 5) is 27.6. The van der Waals surface area contributed by atoms with Gasteiger partial charge in [0.1, 0.15) is 5.69 Å². The highest BCUT2D eigenvalue weighted by atomic mass is 16.4. The zero-order chi connectivity index (χ0) is 14.2. The lowest BCUT2D eigenvalue weighted by Crippen LogP contribution is -2.33. The fourth-order valence-electron chi connectivity index (χ4n) is 2.35. The van der Waals surface area contributed by atoms with Crippen molar-refractivity contribution in [2.24, 2.45) is 11.8 Å². The number of hydrogen-bond acceptors (Lipinski definition) is 2. The van der Waals surface area contributed by atoms with E-state index in [1.165, 1.54) is 0 Å². The fraction of sp³-hybridized carbons (Fsp3) is 0.538. The Morgan fingerprint density at radius 2 is 1.95 bits per heavy atom. The third kappa shape index (κ3) is 2.72. The molecule has 0 saturated carbocycles. The third-order valence-electron chi connectivity index (χ3n) is 3.68. The van der Waals surface area contributed by atoms with Crippen LogP contribution in [0.1, 0.15) is 30.0 Å². The van der Waals surface area contributed by atoms with Crippen molar-refractivity contribution in [1.29, 1.82) is 0 Å². The number of aromatic carboxylic acids is 1. The number of likely N-dealkylation sites (tertiary alicyclic amines) is 1. The Hall–Kier alpha value is -1.98. The van der Waals surface area contributed by atoms with Crippen LogP contribution in [0.4, 0.5) is 10.5 Å². The molecule has 1 fully saturated rings. The number of carboxylic acids is 1. The molecule has 0 bridgehead atoms. The Bertz CT molecular complexity index is 499. The van der Waals surface area contributed by atoms with Gasteiger partial charge in [0, 0.05) is 18.8 Å². The number of carbonyl (C=O) groups excluding carboxylic acids is 1. The number of carbonyl (C=O) groups is 2. The monoisotopic (exact) mass is 265 g/mol. The quantitative estimate of drug-likeness (QED) is 0.765. The summed E-state index contributed by atoms with van der Waals surface area (Å²) in [5.41, 5.74) is 1.05. The van der Waals surface area contributed by atoms with Crippen molar-refractivity contribution < 1.29 is 14.7 Å². The second kappa shape index (κ2) is 4.95. The molecule has 2 unspecified atom stereocenters. The number of anilines is 1. The molecule has 1 aromatic heterocycles. The number of aromatic nitrogens is 1. The minimum Gasteiger partial charge on any atom is -0.477 e. The first-order valence-corrected chi connectivity index (χ1v) is 6.37. The minimum atomic E-state index is -1.08. The van der Waals surface area contributed by atoms with E-state index in [4.69, 9.17) is 5.11 Å². The molecule has 104 valence electrons. The van der Waals surface area contributed by atoms with Gasteiger partial charge in [-0.15, -0.1) is 0 Å². The largest absolute Gasteiger partial charge is 0.477 e. The molecule has 1 aromatic rings. The van der Waals surface area contributed by atoms with E-state index in [2.05, 4.69) is 24.1 Å². The number of urea groups is 1. The molecule has 19 heavy (non-hydrogen) atoms. The number of nitrogens with zero attached hydrogens (tertiary/aromatic N) is 1. The van der Waals surface area contributed by atoms with Gasteiger partial charge in [-0.1, -0.05) is 13.8 Å². The predicted molar refractivity (Wildman–Crippen MR) is 71.4 cm³/mol. The maximum absolute atomic E-state index is 12.1. The molecule has 0 spiro atoms. The van der Waals surface area contributed by atoms with Crippen LogP contribution in [0.15, 0.2) is 6.07 Å². The Morgan fingerprint density at radius 3 is 2.47 bits per heavy atom. The first-order chi connectivity index (χ1) is 8.88. The number of amides is 2. The molecule has 1 aliphatic rings. The lowest BCUT2D eigenvalue weighted by atomic mass is 10.0. The van der Waals surface area contributed by atoms with Crippen LogP contribution in [0.2, 0.25) is 0 Å². The van der Waals surface area contributed by atoms with Crippen LogP contribution in [-0.2, 0) is 0 Å². The lowest BCUT2D eigenvalue weighted by Gasteiger charge is -2.16. The van der Waals surface area contributed by atoms with E-state index in [1.54, 1.807) is 17.9 Å². The predicted octanol–water partition coefficient (Wildman–Crippen LogP) is 2.14. The highest BCUT2D eigenvalue weighted by Crippen LogP contribution is 2.24. The molecule has 0 aliphatic carbocycles. The number of aromatic amines is 1. The van der Waals surface area contributed by atoms with Crippen molar-refractivity contribution in [3.05, 3.63) is 17.5 Å². The summed E-state index contributed by atoms with van der Waals surface area (Å²) in [6.45, 7) is 7.39. The van der Waals surface area contributed by atoms with Gasteiger partial charge in [-0.2, -0.15) is 0 Å². The molecular weight excluding hydrogens is 246 g/mol. The van der Waals surface area contributed by atoms with Crippen LogP contribution in [-0.4, -0.2) is 40.1 Å². The number of aryl methyl sites for hydroxylation is 1. The van der Waals surface area contributed by atoms with E-state index in [1.807, 2.05) is 0 Å². The van der Waals surface area contributed by atoms with Gasteiger partial charge in [-0.3, -0.25) is 0 Å². The van der Waals surface area contributed by atoms with E-state index in [0.29, 0.717) is 36.3 Å². The Morgan fingerprint density at radius 1 is 1.37 bits per heavy atom. The summed E-state index contributed by atoms with van der Waals surface area (Å²) in [5, 5.41) is 11.7. The first-order valence-electron chi connectivity index (χ1n) is 6.37. The average Bonchev–Trinajstić information content (AvgIpc) is 2.83. The third-order valence-corrected chi connectivity index (χ3v) is 3.68. The molecule has 3 N–H and O–H groups in total. The maximum atomic E-state index is 12.1. The minimum absolute atomic E-state index is 0.0196. The molecule has 2 heterocycles. The maximum Gasteiger partial charge on any atom is 0.354 e. The lowest BCUT2D eigenvalue weighted by molar-refractivity contribution is 0.0692. The fourth-order valence-corrected chi connectivity index (χ4v) is 2.35. The van der Waals surface area contributed by atoms with E-state index in [9.17, 15) is 9.59 Å². The number of hydrogen-bond donors (Lipinski definition) is 3. The van der Waals surface area contributed by atoms with Crippen LogP contribution in [0.5, 0.6) is 0 Å². The van der Waals surface area contributed by atoms with Crippen LogP contribution < -0.4 is 5.32 Å². The molecule has 2 amide bonds. The summed E-state index contributed by atoms with van der Waals surface area (Å²) in [5.74, 6) is -0.137. The van der Waals surface area contributed by atoms with Gasteiger partial charge in [0.2, 0.25) is 0 Å². The molecule has 1 saturated heterocycles. The molecule has 6 heteroatoms. The van der Waals surface area contributed by atoms with Crippen molar-refractivity contribution in [2.45, 2.75) is 20.8 Å². The summed E-state index contributed by atoms with van der Waals surface area (Å²) in [7, 11) is 0. The van der Waals surface area contributed by atoms with Gasteiger partial charge < -0.3 is 20.3 Å². The topological polar surface area (TPSA) is 85.4 Å². The summed E-state index contributed by atoms with van der Waals surface area (Å²) in [6, 6.07) is 1.39. The van der Waals surface area contributed by atoms with Gasteiger partial charge in [0.05, 0.1) is 5.69 Å². The zero-order valence-electron chi connectivity index (χ0n) is 11.4. The highest BCUT2D eigenvalue weighted by molar-refractivity contribution is 5.99. The summed E-state index contributed by atoms with van der Waals surface area (Å²) < 4.78 is 0. The van der Waals surface area contributed by atoms with E-state index < -0.39 is 5.97 Å². The van der Waals surface area contributed by atoms with Crippen molar-refractivity contribution >= 4 is 17.7 Å². The Kier molecular flexibility index (Phi) is 3.50. The molecule has 6 nitrogen and oxygen atoms in total. The average molecular weight is 265 g/mol. The van der Waals surface area contributed by atoms with Gasteiger partial charge in [-0.05, 0) is 24.8 Å². The molecule has 0 aromatic carbocycles. The second-order valence-corrected chi connectivity index (χ2v) is 5.34. The summed E-state index contributed by atoms with van der Waals surface area (Å²) >= 11 is 0.